The second-order valence-electron chi connectivity index (χ2n) is 6.91. The molecule has 0 saturated heterocycles. The minimum Gasteiger partial charge on any atom is -0.369 e. The van der Waals surface area contributed by atoms with E-state index in [1.54, 1.807) is 6.33 Å². The molecule has 1 aliphatic carbocycles. The van der Waals surface area contributed by atoms with Crippen LogP contribution in [0.1, 0.15) is 30.0 Å². The van der Waals surface area contributed by atoms with Crippen LogP contribution in [0.4, 0.5) is 5.82 Å². The van der Waals surface area contributed by atoms with Crippen LogP contribution < -0.4 is 5.32 Å². The van der Waals surface area contributed by atoms with Gasteiger partial charge in [0.05, 0.1) is 0 Å². The number of fused-ring (bicyclic) bond motifs is 2. The fourth-order valence-corrected chi connectivity index (χ4v) is 3.81. The van der Waals surface area contributed by atoms with E-state index in [1.165, 1.54) is 17.7 Å². The lowest BCUT2D eigenvalue weighted by atomic mass is 9.86. The van der Waals surface area contributed by atoms with Gasteiger partial charge in [-0.25, -0.2) is 4.98 Å². The van der Waals surface area contributed by atoms with E-state index < -0.39 is 0 Å². The zero-order valence-electron chi connectivity index (χ0n) is 14.9. The first kappa shape index (κ1) is 15.9. The summed E-state index contributed by atoms with van der Waals surface area (Å²) in [6.07, 6.45) is 7.17. The first-order chi connectivity index (χ1) is 13.4. The van der Waals surface area contributed by atoms with Gasteiger partial charge in [0.25, 0.3) is 0 Å². The second-order valence-corrected chi connectivity index (χ2v) is 6.91. The Labute approximate surface area is 157 Å². The molecular formula is C21H20N6. The molecule has 5 rings (SSSR count). The minimum atomic E-state index is 0.422. The van der Waals surface area contributed by atoms with Crippen molar-refractivity contribution in [1.82, 2.24) is 24.6 Å². The summed E-state index contributed by atoms with van der Waals surface area (Å²) in [5.41, 5.74) is 4.42. The van der Waals surface area contributed by atoms with Crippen molar-refractivity contribution in [3.63, 3.8) is 0 Å². The monoisotopic (exact) mass is 356 g/mol. The summed E-state index contributed by atoms with van der Waals surface area (Å²) in [7, 11) is 0. The van der Waals surface area contributed by atoms with Crippen molar-refractivity contribution in [2.24, 2.45) is 0 Å². The van der Waals surface area contributed by atoms with Crippen LogP contribution in [0.3, 0.4) is 0 Å². The topological polar surface area (TPSA) is 68.0 Å². The predicted molar refractivity (Wildman–Crippen MR) is 105 cm³/mol. The first-order valence-electron chi connectivity index (χ1n) is 9.32. The first-order valence-corrected chi connectivity index (χ1v) is 9.32. The van der Waals surface area contributed by atoms with Crippen molar-refractivity contribution < 1.29 is 0 Å². The van der Waals surface area contributed by atoms with Crippen LogP contribution in [0, 0.1) is 0 Å². The molecule has 0 fully saturated rings. The lowest BCUT2D eigenvalue weighted by Gasteiger charge is -2.24. The van der Waals surface area contributed by atoms with Gasteiger partial charge in [-0.15, -0.1) is 10.2 Å². The van der Waals surface area contributed by atoms with Crippen LogP contribution in [-0.2, 0) is 6.42 Å². The number of nitrogens with zero attached hydrogens (tertiary/aromatic N) is 5. The molecule has 0 aliphatic heterocycles. The largest absolute Gasteiger partial charge is 0.369 e. The third kappa shape index (κ3) is 3.03. The molecule has 134 valence electrons. The Morgan fingerprint density at radius 3 is 2.89 bits per heavy atom. The summed E-state index contributed by atoms with van der Waals surface area (Å²) < 4.78 is 1.91. The van der Waals surface area contributed by atoms with Crippen molar-refractivity contribution >= 4 is 11.5 Å². The number of benzene rings is 1. The highest BCUT2D eigenvalue weighted by Crippen LogP contribution is 2.30. The molecule has 0 amide bonds. The number of pyridine rings is 1. The number of hydrogen-bond donors (Lipinski definition) is 1. The van der Waals surface area contributed by atoms with Crippen molar-refractivity contribution in [1.29, 1.82) is 0 Å². The van der Waals surface area contributed by atoms with Crippen molar-refractivity contribution in [3.05, 3.63) is 72.3 Å². The Morgan fingerprint density at radius 1 is 1.04 bits per heavy atom. The molecule has 0 radical (unpaired) electrons. The van der Waals surface area contributed by atoms with Gasteiger partial charge < -0.3 is 5.32 Å². The summed E-state index contributed by atoms with van der Waals surface area (Å²) in [6, 6.07) is 16.2. The molecule has 27 heavy (non-hydrogen) atoms. The van der Waals surface area contributed by atoms with Crippen LogP contribution in [0.2, 0.25) is 0 Å². The minimum absolute atomic E-state index is 0.422. The van der Waals surface area contributed by atoms with E-state index in [0.29, 0.717) is 5.92 Å². The van der Waals surface area contributed by atoms with Gasteiger partial charge in [0.15, 0.2) is 11.5 Å². The SMILES string of the molecule is c1ccc(-c2nnc3cc(NCC4CCCc5cccnc54)ncn23)cc1. The van der Waals surface area contributed by atoms with Crippen LogP contribution in [0.15, 0.2) is 61.1 Å². The van der Waals surface area contributed by atoms with Crippen molar-refractivity contribution in [2.45, 2.75) is 25.2 Å². The average molecular weight is 356 g/mol. The van der Waals surface area contributed by atoms with Gasteiger partial charge in [-0.2, -0.15) is 0 Å². The summed E-state index contributed by atoms with van der Waals surface area (Å²) in [5, 5.41) is 12.1. The summed E-state index contributed by atoms with van der Waals surface area (Å²) in [6.45, 7) is 0.826. The Balaban J connectivity index is 1.36. The van der Waals surface area contributed by atoms with Gasteiger partial charge in [0, 0.05) is 36.0 Å². The molecule has 0 bridgehead atoms. The Bertz CT molecular complexity index is 1070. The maximum Gasteiger partial charge on any atom is 0.169 e. The number of nitrogens with one attached hydrogen (secondary N) is 1. The molecule has 3 aromatic heterocycles. The van der Waals surface area contributed by atoms with E-state index >= 15 is 0 Å². The molecule has 1 aromatic carbocycles. The third-order valence-electron chi connectivity index (χ3n) is 5.17. The summed E-state index contributed by atoms with van der Waals surface area (Å²) in [4.78, 5) is 9.17. The molecule has 0 spiro atoms. The van der Waals surface area contributed by atoms with Gasteiger partial charge in [-0.05, 0) is 30.9 Å². The molecule has 1 unspecified atom stereocenters. The van der Waals surface area contributed by atoms with E-state index in [2.05, 4.69) is 31.5 Å². The lowest BCUT2D eigenvalue weighted by Crippen LogP contribution is -2.19. The average Bonchev–Trinajstić information content (AvgIpc) is 3.16. The van der Waals surface area contributed by atoms with Crippen LogP contribution in [-0.4, -0.2) is 31.1 Å². The highest BCUT2D eigenvalue weighted by atomic mass is 15.3. The molecule has 1 aliphatic rings. The van der Waals surface area contributed by atoms with E-state index in [-0.39, 0.29) is 0 Å². The Hall–Kier alpha value is -3.28. The molecule has 4 aromatic rings. The predicted octanol–water partition coefficient (Wildman–Crippen LogP) is 3.72. The lowest BCUT2D eigenvalue weighted by molar-refractivity contribution is 0.555. The number of rotatable bonds is 4. The number of aryl methyl sites for hydroxylation is 1. The normalized spacial score (nSPS) is 16.2. The smallest absolute Gasteiger partial charge is 0.169 e. The van der Waals surface area contributed by atoms with Crippen LogP contribution in [0.25, 0.3) is 17.0 Å². The maximum absolute atomic E-state index is 4.61. The highest BCUT2D eigenvalue weighted by molar-refractivity contribution is 5.60. The van der Waals surface area contributed by atoms with E-state index in [4.69, 9.17) is 0 Å². The number of aromatic nitrogens is 5. The fourth-order valence-electron chi connectivity index (χ4n) is 3.81. The summed E-state index contributed by atoms with van der Waals surface area (Å²) >= 11 is 0. The van der Waals surface area contributed by atoms with Gasteiger partial charge in [0.2, 0.25) is 0 Å². The van der Waals surface area contributed by atoms with Crippen molar-refractivity contribution in [2.75, 3.05) is 11.9 Å². The van der Waals surface area contributed by atoms with Crippen LogP contribution in [0.5, 0.6) is 0 Å². The third-order valence-corrected chi connectivity index (χ3v) is 5.17. The molecule has 6 nitrogen and oxygen atoms in total. The molecule has 3 heterocycles. The van der Waals surface area contributed by atoms with E-state index in [1.807, 2.05) is 53.1 Å². The van der Waals surface area contributed by atoms with Gasteiger partial charge in [0.1, 0.15) is 12.1 Å². The van der Waals surface area contributed by atoms with Crippen LogP contribution >= 0.6 is 0 Å². The molecule has 1 atom stereocenters. The van der Waals surface area contributed by atoms with E-state index in [9.17, 15) is 0 Å². The molecule has 1 N–H and O–H groups in total. The molecule has 6 heteroatoms. The molecular weight excluding hydrogens is 336 g/mol. The maximum atomic E-state index is 4.61. The molecule has 0 saturated carbocycles. The second kappa shape index (κ2) is 6.79. The van der Waals surface area contributed by atoms with Gasteiger partial charge >= 0.3 is 0 Å². The zero-order valence-corrected chi connectivity index (χ0v) is 14.9. The fraction of sp³-hybridized carbons (Fsp3) is 0.238. The number of hydrogen-bond acceptors (Lipinski definition) is 5. The van der Waals surface area contributed by atoms with Crippen molar-refractivity contribution in [3.8, 4) is 11.4 Å². The van der Waals surface area contributed by atoms with Gasteiger partial charge in [-0.1, -0.05) is 36.4 Å². The highest BCUT2D eigenvalue weighted by Gasteiger charge is 2.21. The standard InChI is InChI=1S/C21H20N6/c1-2-6-16(7-3-1)21-26-25-19-12-18(24-14-27(19)21)23-13-17-9-4-8-15-10-5-11-22-20(15)17/h1-3,5-7,10-12,14,17,23H,4,8-9,13H2. The summed E-state index contributed by atoms with van der Waals surface area (Å²) in [5.74, 6) is 2.04. The van der Waals surface area contributed by atoms with E-state index in [0.717, 1.165) is 42.2 Å². The quantitative estimate of drug-likeness (QED) is 0.604. The number of anilines is 1. The Kier molecular flexibility index (Phi) is 4.01. The Morgan fingerprint density at radius 2 is 1.96 bits per heavy atom. The zero-order chi connectivity index (χ0) is 18.1. The van der Waals surface area contributed by atoms with Gasteiger partial charge in [-0.3, -0.25) is 9.38 Å².